The zero-order chi connectivity index (χ0) is 33.2. The Morgan fingerprint density at radius 2 is 0.818 bits per heavy atom. The van der Waals surface area contributed by atoms with E-state index < -0.39 is 59.7 Å². The van der Waals surface area contributed by atoms with E-state index >= 15 is 0 Å². The Balaban J connectivity index is -0.000000177. The quantitative estimate of drug-likeness (QED) is 0.107. The Kier molecular flexibility index (Phi) is 20.6. The van der Waals surface area contributed by atoms with Gasteiger partial charge in [0, 0.05) is 12.8 Å². The molecule has 258 valence electrons. The Bertz CT molecular complexity index is 1070. The molecule has 1 aromatic rings. The predicted octanol–water partition coefficient (Wildman–Crippen LogP) is 5.46. The fourth-order valence-corrected chi connectivity index (χ4v) is 2.12. The van der Waals surface area contributed by atoms with Crippen LogP contribution in [0.4, 0.5) is 48.3 Å². The largest absolute Gasteiger partial charge is 0.481 e. The van der Waals surface area contributed by atoms with Crippen LogP contribution in [-0.4, -0.2) is 85.2 Å². The fourth-order valence-electron chi connectivity index (χ4n) is 2.12. The number of aromatic carboxylic acids is 2. The third-order valence-corrected chi connectivity index (χ3v) is 4.23. The molecule has 0 saturated heterocycles. The predicted molar refractivity (Wildman–Crippen MR) is 123 cm³/mol. The van der Waals surface area contributed by atoms with Gasteiger partial charge in [0.15, 0.2) is 0 Å². The maximum Gasteiger partial charge on any atom is 0.460 e. The van der Waals surface area contributed by atoms with E-state index in [1.807, 2.05) is 0 Å². The van der Waals surface area contributed by atoms with Crippen molar-refractivity contribution < 1.29 is 97.8 Å². The maximum atomic E-state index is 12.4. The molecule has 0 fully saturated rings. The molecule has 1 aromatic carbocycles. The topological polar surface area (TPSA) is 291 Å². The number of rotatable bonds is 11. The summed E-state index contributed by atoms with van der Waals surface area (Å²) in [5.41, 5.74) is -0.380. The number of alkyl halides is 11. The number of benzene rings is 1. The first kappa shape index (κ1) is 49.4. The molecule has 0 aliphatic heterocycles. The number of hydrogen-bond donors (Lipinski definition) is 8. The summed E-state index contributed by atoms with van der Waals surface area (Å²) in [4.78, 5) is 50.3. The maximum absolute atomic E-state index is 12.4. The monoisotopic (exact) mass is 677 g/mol. The lowest BCUT2D eigenvalue weighted by molar-refractivity contribution is -0.418. The van der Waals surface area contributed by atoms with Gasteiger partial charge in [-0.1, -0.05) is 12.1 Å². The third kappa shape index (κ3) is 12.5. The van der Waals surface area contributed by atoms with Crippen LogP contribution < -0.4 is 18.5 Å². The van der Waals surface area contributed by atoms with E-state index in [0.29, 0.717) is 12.8 Å². The van der Waals surface area contributed by atoms with Gasteiger partial charge >= 0.3 is 59.7 Å². The highest BCUT2D eigenvalue weighted by atomic mass is 19.4. The first-order valence-electron chi connectivity index (χ1n) is 10.0. The smallest absolute Gasteiger partial charge is 0.460 e. The van der Waals surface area contributed by atoms with Crippen molar-refractivity contribution in [2.75, 3.05) is 0 Å². The van der Waals surface area contributed by atoms with Crippen molar-refractivity contribution in [1.82, 2.24) is 18.5 Å². The van der Waals surface area contributed by atoms with Gasteiger partial charge in [0.1, 0.15) is 0 Å². The summed E-state index contributed by atoms with van der Waals surface area (Å²) in [6.07, 6.45) is -6.28. The second-order valence-electron chi connectivity index (χ2n) is 7.25. The van der Waals surface area contributed by atoms with E-state index in [-0.39, 0.29) is 42.4 Å². The molecule has 0 unspecified atom stereocenters. The molecule has 13 nitrogen and oxygen atoms in total. The molecule has 0 aliphatic rings. The average Bonchev–Trinajstić information content (AvgIpc) is 2.81. The van der Waals surface area contributed by atoms with Gasteiger partial charge in [-0.25, -0.2) is 14.4 Å². The summed E-state index contributed by atoms with van der Waals surface area (Å²) in [5.74, 6) is -37.8. The molecule has 0 bridgehead atoms. The molecule has 0 heterocycles. The van der Waals surface area contributed by atoms with Crippen LogP contribution in [0.1, 0.15) is 46.4 Å². The molecule has 44 heavy (non-hydrogen) atoms. The molecule has 14 N–H and O–H groups in total. The van der Waals surface area contributed by atoms with Crippen molar-refractivity contribution in [2.45, 2.75) is 55.5 Å². The number of carboxylic acids is 5. The van der Waals surface area contributed by atoms with E-state index in [0.717, 1.165) is 0 Å². The van der Waals surface area contributed by atoms with Gasteiger partial charge in [-0.2, -0.15) is 48.3 Å². The van der Waals surface area contributed by atoms with Crippen LogP contribution >= 0.6 is 0 Å². The van der Waals surface area contributed by atoms with Crippen LogP contribution in [0, 0.1) is 0 Å². The van der Waals surface area contributed by atoms with Crippen molar-refractivity contribution in [3.63, 3.8) is 0 Å². The molecule has 0 aromatic heterocycles. The first-order valence-corrected chi connectivity index (χ1v) is 10.0. The highest BCUT2D eigenvalue weighted by molar-refractivity contribution is 6.01. The molecule has 24 heteroatoms. The molecule has 0 saturated carbocycles. The van der Waals surface area contributed by atoms with Crippen molar-refractivity contribution in [1.29, 1.82) is 0 Å². The lowest BCUT2D eigenvalue weighted by Crippen LogP contribution is -2.68. The Labute approximate surface area is 238 Å². The summed E-state index contributed by atoms with van der Waals surface area (Å²) in [7, 11) is 0. The minimum absolute atomic E-state index is 0. The molecule has 0 spiro atoms. The van der Waals surface area contributed by atoms with Crippen LogP contribution in [-0.2, 0) is 14.4 Å². The van der Waals surface area contributed by atoms with Gasteiger partial charge in [-0.15, -0.1) is 0 Å². The lowest BCUT2D eigenvalue weighted by Gasteiger charge is -2.35. The summed E-state index contributed by atoms with van der Waals surface area (Å²) in [5, 5.41) is 40.9. The van der Waals surface area contributed by atoms with E-state index in [9.17, 15) is 72.3 Å². The second kappa shape index (κ2) is 18.4. The van der Waals surface area contributed by atoms with Crippen molar-refractivity contribution in [3.05, 3.63) is 35.4 Å². The van der Waals surface area contributed by atoms with Gasteiger partial charge < -0.3 is 44.0 Å². The molecular formula is C20H26F11N3O10. The average molecular weight is 677 g/mol. The molecule has 0 radical (unpaired) electrons. The molecular weight excluding hydrogens is 651 g/mol. The second-order valence-corrected chi connectivity index (χ2v) is 7.25. The van der Waals surface area contributed by atoms with Crippen LogP contribution in [0.15, 0.2) is 24.3 Å². The van der Waals surface area contributed by atoms with Gasteiger partial charge in [-0.3, -0.25) is 9.59 Å². The number of aliphatic carboxylic acids is 3. The summed E-state index contributed by atoms with van der Waals surface area (Å²) in [6, 6.07) is 5.48. The SMILES string of the molecule is N.N.N.O=C(O)C(F)(F)C(F)(F)C(F)(F)C(F)(F)C(F)(F)F.O=C(O)CCCCC(=O)O.O=C(O)c1ccccc1C(=O)O. The van der Waals surface area contributed by atoms with Gasteiger partial charge in [0.25, 0.3) is 0 Å². The highest BCUT2D eigenvalue weighted by Crippen LogP contribution is 2.57. The number of carbonyl (C=O) groups is 5. The Hall–Kier alpha value is -4.32. The van der Waals surface area contributed by atoms with E-state index in [4.69, 9.17) is 25.5 Å². The summed E-state index contributed by atoms with van der Waals surface area (Å²) in [6.45, 7) is 0. The van der Waals surface area contributed by atoms with Crippen LogP contribution in [0.5, 0.6) is 0 Å². The Morgan fingerprint density at radius 1 is 0.523 bits per heavy atom. The minimum Gasteiger partial charge on any atom is -0.481 e. The van der Waals surface area contributed by atoms with E-state index in [1.54, 1.807) is 0 Å². The van der Waals surface area contributed by atoms with E-state index in [1.165, 1.54) is 24.3 Å². The molecule has 0 amide bonds. The van der Waals surface area contributed by atoms with Gasteiger partial charge in [0.2, 0.25) is 0 Å². The van der Waals surface area contributed by atoms with Gasteiger partial charge in [0.05, 0.1) is 11.1 Å². The zero-order valence-electron chi connectivity index (χ0n) is 21.7. The first-order chi connectivity index (χ1) is 18.2. The van der Waals surface area contributed by atoms with Crippen molar-refractivity contribution >= 4 is 29.8 Å². The van der Waals surface area contributed by atoms with Crippen molar-refractivity contribution in [2.24, 2.45) is 0 Å². The number of halogens is 11. The van der Waals surface area contributed by atoms with Crippen LogP contribution in [0.25, 0.3) is 0 Å². The van der Waals surface area contributed by atoms with Crippen LogP contribution in [0.3, 0.4) is 0 Å². The molecule has 1 rings (SSSR count). The van der Waals surface area contributed by atoms with Crippen molar-refractivity contribution in [3.8, 4) is 0 Å². The van der Waals surface area contributed by atoms with Crippen LogP contribution in [0.2, 0.25) is 0 Å². The zero-order valence-corrected chi connectivity index (χ0v) is 21.7. The van der Waals surface area contributed by atoms with E-state index in [2.05, 4.69) is 0 Å². The summed E-state index contributed by atoms with van der Waals surface area (Å²) < 4.78 is 133. The van der Waals surface area contributed by atoms with Gasteiger partial charge in [-0.05, 0) is 25.0 Å². The number of hydrogen-bond acceptors (Lipinski definition) is 8. The number of carboxylic acid groups (broad SMARTS) is 5. The molecule has 0 atom stereocenters. The summed E-state index contributed by atoms with van der Waals surface area (Å²) >= 11 is 0. The normalized spacial score (nSPS) is 11.3. The lowest BCUT2D eigenvalue weighted by atomic mass is 9.98. The highest BCUT2D eigenvalue weighted by Gasteiger charge is 2.88. The standard InChI is InChI=1S/C8H6O4.C6HF11O2.C6H10O4.3H3N/c9-7(10)5-3-1-2-4-6(5)8(11)12;7-2(8,1(18)19)3(9,10)4(11,12)5(13,14)6(15,16)17;7-5(8)3-1-2-4-6(9)10;;;/h1-4H,(H,9,10)(H,11,12);(H,18,19);1-4H2,(H,7,8)(H,9,10);3*1H3. The number of unbranched alkanes of at least 4 members (excludes halogenated alkanes) is 1. The minimum atomic E-state index is -7.68. The Morgan fingerprint density at radius 3 is 1.02 bits per heavy atom. The fraction of sp³-hybridized carbons (Fsp3) is 0.450. The third-order valence-electron chi connectivity index (χ3n) is 4.23. The molecule has 0 aliphatic carbocycles.